The third-order valence-corrected chi connectivity index (χ3v) is 4.06. The maximum absolute atomic E-state index is 6.84. The minimum atomic E-state index is -0.650. The van der Waals surface area contributed by atoms with Crippen molar-refractivity contribution in [3.05, 3.63) is 89.3 Å². The predicted octanol–water partition coefficient (Wildman–Crippen LogP) is 3.13. The Morgan fingerprint density at radius 2 is 1.38 bits per heavy atom. The van der Waals surface area contributed by atoms with Crippen LogP contribution in [0.25, 0.3) is 0 Å². The molecule has 0 bridgehead atoms. The van der Waals surface area contributed by atoms with Gasteiger partial charge in [0.2, 0.25) is 0 Å². The quantitative estimate of drug-likeness (QED) is 0.785. The van der Waals surface area contributed by atoms with Crippen LogP contribution < -0.4 is 5.73 Å². The Labute approximate surface area is 142 Å². The SMILES string of the molecule is Cc1cccc(CC(N)(Cc2cccc(C)n2)c2ccccn2)n1. The molecule has 3 rings (SSSR count). The molecule has 2 N–H and O–H groups in total. The van der Waals surface area contributed by atoms with Crippen molar-refractivity contribution in [1.29, 1.82) is 0 Å². The highest BCUT2D eigenvalue weighted by molar-refractivity contribution is 5.24. The van der Waals surface area contributed by atoms with Gasteiger partial charge in [0.15, 0.2) is 0 Å². The Bertz CT molecular complexity index is 767. The van der Waals surface area contributed by atoms with Crippen molar-refractivity contribution in [3.8, 4) is 0 Å². The fraction of sp³-hybridized carbons (Fsp3) is 0.250. The van der Waals surface area contributed by atoms with Gasteiger partial charge >= 0.3 is 0 Å². The van der Waals surface area contributed by atoms with E-state index in [4.69, 9.17) is 5.73 Å². The van der Waals surface area contributed by atoms with E-state index in [9.17, 15) is 0 Å². The van der Waals surface area contributed by atoms with Crippen molar-refractivity contribution in [2.45, 2.75) is 32.2 Å². The number of rotatable bonds is 5. The number of nitrogens with zero attached hydrogens (tertiary/aromatic N) is 3. The molecule has 0 aliphatic carbocycles. The number of hydrogen-bond donors (Lipinski definition) is 1. The lowest BCUT2D eigenvalue weighted by molar-refractivity contribution is 0.415. The van der Waals surface area contributed by atoms with Crippen LogP contribution in [0, 0.1) is 13.8 Å². The summed E-state index contributed by atoms with van der Waals surface area (Å²) < 4.78 is 0. The van der Waals surface area contributed by atoms with E-state index >= 15 is 0 Å². The van der Waals surface area contributed by atoms with Gasteiger partial charge in [-0.3, -0.25) is 15.0 Å². The second kappa shape index (κ2) is 6.89. The molecule has 0 saturated carbocycles. The topological polar surface area (TPSA) is 64.7 Å². The lowest BCUT2D eigenvalue weighted by atomic mass is 9.85. The summed E-state index contributed by atoms with van der Waals surface area (Å²) in [4.78, 5) is 13.7. The van der Waals surface area contributed by atoms with Gasteiger partial charge in [-0.1, -0.05) is 18.2 Å². The van der Waals surface area contributed by atoms with E-state index in [-0.39, 0.29) is 0 Å². The van der Waals surface area contributed by atoms with Gasteiger partial charge in [0.25, 0.3) is 0 Å². The Hall–Kier alpha value is -2.59. The molecule has 0 spiro atoms. The summed E-state index contributed by atoms with van der Waals surface area (Å²) in [6, 6.07) is 17.9. The summed E-state index contributed by atoms with van der Waals surface area (Å²) in [5.41, 5.74) is 11.0. The average molecular weight is 318 g/mol. The number of aryl methyl sites for hydroxylation is 2. The fourth-order valence-electron chi connectivity index (χ4n) is 2.94. The van der Waals surface area contributed by atoms with Gasteiger partial charge in [-0.05, 0) is 50.2 Å². The van der Waals surface area contributed by atoms with E-state index < -0.39 is 5.54 Å². The lowest BCUT2D eigenvalue weighted by Gasteiger charge is -2.29. The van der Waals surface area contributed by atoms with E-state index in [0.29, 0.717) is 12.8 Å². The zero-order chi connectivity index (χ0) is 17.0. The molecular formula is C20H22N4. The average Bonchev–Trinajstić information content (AvgIpc) is 2.55. The van der Waals surface area contributed by atoms with Crippen LogP contribution in [0.15, 0.2) is 60.8 Å². The first-order valence-corrected chi connectivity index (χ1v) is 8.11. The highest BCUT2D eigenvalue weighted by Crippen LogP contribution is 2.25. The van der Waals surface area contributed by atoms with Crippen LogP contribution in [0.1, 0.15) is 28.5 Å². The summed E-state index contributed by atoms with van der Waals surface area (Å²) in [6.45, 7) is 3.98. The third kappa shape index (κ3) is 3.84. The first-order valence-electron chi connectivity index (χ1n) is 8.11. The van der Waals surface area contributed by atoms with Crippen molar-refractivity contribution < 1.29 is 0 Å². The summed E-state index contributed by atoms with van der Waals surface area (Å²) in [7, 11) is 0. The fourth-order valence-corrected chi connectivity index (χ4v) is 2.94. The number of hydrogen-bond acceptors (Lipinski definition) is 4. The van der Waals surface area contributed by atoms with Gasteiger partial charge in [0.1, 0.15) is 0 Å². The van der Waals surface area contributed by atoms with Crippen LogP contribution >= 0.6 is 0 Å². The van der Waals surface area contributed by atoms with Crippen molar-refractivity contribution in [3.63, 3.8) is 0 Å². The lowest BCUT2D eigenvalue weighted by Crippen LogP contribution is -2.42. The van der Waals surface area contributed by atoms with E-state index in [2.05, 4.69) is 15.0 Å². The third-order valence-electron chi connectivity index (χ3n) is 4.06. The summed E-state index contributed by atoms with van der Waals surface area (Å²) >= 11 is 0. The molecule has 0 unspecified atom stereocenters. The van der Waals surface area contributed by atoms with E-state index in [1.165, 1.54) is 0 Å². The van der Waals surface area contributed by atoms with Crippen molar-refractivity contribution in [2.24, 2.45) is 5.73 Å². The highest BCUT2D eigenvalue weighted by Gasteiger charge is 2.30. The molecule has 0 fully saturated rings. The normalized spacial score (nSPS) is 11.5. The van der Waals surface area contributed by atoms with Gasteiger partial charge in [-0.15, -0.1) is 0 Å². The maximum atomic E-state index is 6.84. The Morgan fingerprint density at radius 1 is 0.792 bits per heavy atom. The molecule has 0 saturated heterocycles. The van der Waals surface area contributed by atoms with Crippen LogP contribution in [0.3, 0.4) is 0 Å². The summed E-state index contributed by atoms with van der Waals surface area (Å²) in [6.07, 6.45) is 3.01. The molecule has 0 amide bonds. The summed E-state index contributed by atoms with van der Waals surface area (Å²) in [5.74, 6) is 0. The molecule has 4 heteroatoms. The molecule has 3 aromatic heterocycles. The van der Waals surface area contributed by atoms with Gasteiger partial charge in [0.05, 0.1) is 11.2 Å². The zero-order valence-electron chi connectivity index (χ0n) is 14.1. The van der Waals surface area contributed by atoms with E-state index in [1.54, 1.807) is 6.20 Å². The monoisotopic (exact) mass is 318 g/mol. The molecule has 122 valence electrons. The van der Waals surface area contributed by atoms with Gasteiger partial charge in [0, 0.05) is 41.8 Å². The van der Waals surface area contributed by atoms with Crippen LogP contribution in [0.5, 0.6) is 0 Å². The van der Waals surface area contributed by atoms with Crippen LogP contribution in [-0.2, 0) is 18.4 Å². The minimum Gasteiger partial charge on any atom is -0.319 e. The molecule has 0 radical (unpaired) electrons. The van der Waals surface area contributed by atoms with Gasteiger partial charge in [-0.2, -0.15) is 0 Å². The van der Waals surface area contributed by atoms with Crippen molar-refractivity contribution in [2.75, 3.05) is 0 Å². The molecule has 3 heterocycles. The van der Waals surface area contributed by atoms with E-state index in [0.717, 1.165) is 28.5 Å². The minimum absolute atomic E-state index is 0.612. The summed E-state index contributed by atoms with van der Waals surface area (Å²) in [5, 5.41) is 0. The van der Waals surface area contributed by atoms with Gasteiger partial charge in [-0.25, -0.2) is 0 Å². The van der Waals surface area contributed by atoms with E-state index in [1.807, 2.05) is 68.4 Å². The largest absolute Gasteiger partial charge is 0.319 e. The Balaban J connectivity index is 1.97. The van der Waals surface area contributed by atoms with Crippen molar-refractivity contribution >= 4 is 0 Å². The smallest absolute Gasteiger partial charge is 0.0695 e. The predicted molar refractivity (Wildman–Crippen MR) is 95.5 cm³/mol. The molecule has 0 aliphatic rings. The number of nitrogens with two attached hydrogens (primary N) is 1. The number of aromatic nitrogens is 3. The zero-order valence-corrected chi connectivity index (χ0v) is 14.1. The Morgan fingerprint density at radius 3 is 1.83 bits per heavy atom. The standard InChI is InChI=1S/C20H22N4/c1-15-7-5-9-17(23-15)13-20(21,19-11-3-4-12-22-19)14-18-10-6-8-16(2)24-18/h3-12H,13-14,21H2,1-2H3. The second-order valence-corrected chi connectivity index (χ2v) is 6.27. The number of pyridine rings is 3. The van der Waals surface area contributed by atoms with Crippen LogP contribution in [0.4, 0.5) is 0 Å². The molecule has 24 heavy (non-hydrogen) atoms. The van der Waals surface area contributed by atoms with Crippen LogP contribution in [-0.4, -0.2) is 15.0 Å². The molecule has 0 atom stereocenters. The molecular weight excluding hydrogens is 296 g/mol. The molecule has 0 aliphatic heterocycles. The molecule has 0 aromatic carbocycles. The Kier molecular flexibility index (Phi) is 4.67. The van der Waals surface area contributed by atoms with Crippen LogP contribution in [0.2, 0.25) is 0 Å². The molecule has 4 nitrogen and oxygen atoms in total. The second-order valence-electron chi connectivity index (χ2n) is 6.27. The first-order chi connectivity index (χ1) is 11.5. The first kappa shape index (κ1) is 16.3. The maximum Gasteiger partial charge on any atom is 0.0695 e. The van der Waals surface area contributed by atoms with Gasteiger partial charge < -0.3 is 5.73 Å². The van der Waals surface area contributed by atoms with Crippen molar-refractivity contribution in [1.82, 2.24) is 15.0 Å². The molecule has 3 aromatic rings. The highest BCUT2D eigenvalue weighted by atomic mass is 14.9.